The molecule has 0 aliphatic carbocycles. The molecule has 1 aromatic carbocycles. The molecule has 1 aliphatic heterocycles. The maximum atomic E-state index is 13.5. The van der Waals surface area contributed by atoms with Gasteiger partial charge in [-0.2, -0.15) is 0 Å². The zero-order valence-corrected chi connectivity index (χ0v) is 10.5. The Morgan fingerprint density at radius 2 is 2.22 bits per heavy atom. The monoisotopic (exact) mass is 253 g/mol. The molecule has 0 N–H and O–H groups in total. The highest BCUT2D eigenvalue weighted by Crippen LogP contribution is 2.20. The third-order valence-corrected chi connectivity index (χ3v) is 3.55. The Bertz CT molecular complexity index is 447. The largest absolute Gasteiger partial charge is 0.293 e. The van der Waals surface area contributed by atoms with Gasteiger partial charge in [-0.05, 0) is 37.9 Å². The summed E-state index contributed by atoms with van der Waals surface area (Å²) in [4.78, 5) is 14.1. The molecule has 0 bridgehead atoms. The molecular weight excluding hydrogens is 236 g/mol. The normalized spacial score (nSPS) is 20.3. The molecule has 1 fully saturated rings. The van der Waals surface area contributed by atoms with E-state index in [2.05, 4.69) is 11.8 Å². The summed E-state index contributed by atoms with van der Waals surface area (Å²) in [6.07, 6.45) is 3.17. The van der Waals surface area contributed by atoms with Crippen molar-refractivity contribution in [3.8, 4) is 0 Å². The summed E-state index contributed by atoms with van der Waals surface area (Å²) in [6.45, 7) is 3.19. The fourth-order valence-corrected chi connectivity index (χ4v) is 2.55. The van der Waals surface area contributed by atoms with Gasteiger partial charge in [0.2, 0.25) is 0 Å². The molecule has 18 heavy (non-hydrogen) atoms. The molecule has 1 aromatic rings. The van der Waals surface area contributed by atoms with Crippen molar-refractivity contribution in [2.75, 3.05) is 13.1 Å². The number of rotatable bonds is 4. The number of Topliss-reactive ketones (excluding diaryl/α,β-unsaturated/α-hetero) is 1. The molecule has 0 radical (unpaired) electrons. The third kappa shape index (κ3) is 2.75. The molecule has 1 saturated heterocycles. The smallest absolute Gasteiger partial charge is 0.179 e. The molecule has 98 valence electrons. The van der Waals surface area contributed by atoms with Crippen LogP contribution in [0.1, 0.15) is 36.5 Å². The maximum Gasteiger partial charge on any atom is 0.179 e. The first-order chi connectivity index (χ1) is 8.61. The highest BCUT2D eigenvalue weighted by Gasteiger charge is 2.25. The average Bonchev–Trinajstić information content (AvgIpc) is 2.76. The van der Waals surface area contributed by atoms with Crippen LogP contribution in [0.3, 0.4) is 0 Å². The molecule has 1 aliphatic rings. The fourth-order valence-electron chi connectivity index (χ4n) is 2.55. The Labute approximate surface area is 106 Å². The summed E-state index contributed by atoms with van der Waals surface area (Å²) in [7, 11) is 0. The van der Waals surface area contributed by atoms with Crippen LogP contribution in [0.4, 0.5) is 8.78 Å². The lowest BCUT2D eigenvalue weighted by atomic mass is 10.1. The number of carbonyl (C=O) groups is 1. The van der Waals surface area contributed by atoms with Crippen molar-refractivity contribution >= 4 is 5.78 Å². The van der Waals surface area contributed by atoms with Gasteiger partial charge in [0, 0.05) is 12.1 Å². The fraction of sp³-hybridized carbons (Fsp3) is 0.500. The number of halogens is 2. The lowest BCUT2D eigenvalue weighted by Gasteiger charge is -2.22. The van der Waals surface area contributed by atoms with Gasteiger partial charge in [-0.3, -0.25) is 9.69 Å². The van der Waals surface area contributed by atoms with Crippen LogP contribution in [-0.2, 0) is 0 Å². The van der Waals surface area contributed by atoms with E-state index in [0.717, 1.165) is 37.9 Å². The van der Waals surface area contributed by atoms with Gasteiger partial charge in [0.1, 0.15) is 11.6 Å². The van der Waals surface area contributed by atoms with Gasteiger partial charge in [0.25, 0.3) is 0 Å². The van der Waals surface area contributed by atoms with E-state index in [1.54, 1.807) is 0 Å². The second kappa shape index (κ2) is 5.57. The Kier molecular flexibility index (Phi) is 4.07. The minimum atomic E-state index is -0.771. The summed E-state index contributed by atoms with van der Waals surface area (Å²) >= 11 is 0. The molecular formula is C14H17F2NO. The van der Waals surface area contributed by atoms with Gasteiger partial charge in [0.05, 0.1) is 12.1 Å². The van der Waals surface area contributed by atoms with Gasteiger partial charge in [-0.15, -0.1) is 0 Å². The van der Waals surface area contributed by atoms with Crippen molar-refractivity contribution in [1.29, 1.82) is 0 Å². The number of ketones is 1. The van der Waals surface area contributed by atoms with E-state index in [4.69, 9.17) is 0 Å². The Morgan fingerprint density at radius 1 is 1.44 bits per heavy atom. The molecule has 0 saturated carbocycles. The van der Waals surface area contributed by atoms with Crippen molar-refractivity contribution in [2.45, 2.75) is 32.2 Å². The maximum absolute atomic E-state index is 13.5. The molecule has 0 aromatic heterocycles. The highest BCUT2D eigenvalue weighted by molar-refractivity contribution is 5.97. The summed E-state index contributed by atoms with van der Waals surface area (Å²) in [5.41, 5.74) is -0.0156. The van der Waals surface area contributed by atoms with Crippen LogP contribution in [0.15, 0.2) is 18.2 Å². The number of nitrogens with zero attached hydrogens (tertiary/aromatic N) is 1. The van der Waals surface area contributed by atoms with Gasteiger partial charge >= 0.3 is 0 Å². The van der Waals surface area contributed by atoms with Gasteiger partial charge < -0.3 is 0 Å². The average molecular weight is 253 g/mol. The predicted molar refractivity (Wildman–Crippen MR) is 65.6 cm³/mol. The molecule has 1 unspecified atom stereocenters. The Balaban J connectivity index is 2.07. The highest BCUT2D eigenvalue weighted by atomic mass is 19.1. The minimum Gasteiger partial charge on any atom is -0.293 e. The lowest BCUT2D eigenvalue weighted by molar-refractivity contribution is 0.0916. The van der Waals surface area contributed by atoms with Gasteiger partial charge in [0.15, 0.2) is 5.78 Å². The van der Waals surface area contributed by atoms with E-state index in [9.17, 15) is 13.6 Å². The number of likely N-dealkylation sites (tertiary alicyclic amines) is 1. The first kappa shape index (κ1) is 13.1. The van der Waals surface area contributed by atoms with E-state index in [1.165, 1.54) is 6.07 Å². The number of hydrogen-bond donors (Lipinski definition) is 0. The first-order valence-corrected chi connectivity index (χ1v) is 6.34. The number of benzene rings is 1. The van der Waals surface area contributed by atoms with Crippen LogP contribution in [0.25, 0.3) is 0 Å². The van der Waals surface area contributed by atoms with Gasteiger partial charge in [-0.1, -0.05) is 6.92 Å². The molecule has 2 nitrogen and oxygen atoms in total. The number of carbonyl (C=O) groups excluding carboxylic acids is 1. The van der Waals surface area contributed by atoms with Crippen molar-refractivity contribution in [1.82, 2.24) is 4.90 Å². The summed E-state index contributed by atoms with van der Waals surface area (Å²) in [6, 6.07) is 3.52. The Morgan fingerprint density at radius 3 is 2.89 bits per heavy atom. The molecule has 1 heterocycles. The summed E-state index contributed by atoms with van der Waals surface area (Å²) in [5.74, 6) is -1.70. The van der Waals surface area contributed by atoms with E-state index in [1.807, 2.05) is 0 Å². The summed E-state index contributed by atoms with van der Waals surface area (Å²) < 4.78 is 26.2. The zero-order valence-electron chi connectivity index (χ0n) is 10.5. The van der Waals surface area contributed by atoms with Crippen LogP contribution >= 0.6 is 0 Å². The van der Waals surface area contributed by atoms with E-state index < -0.39 is 11.6 Å². The molecule has 1 atom stereocenters. The van der Waals surface area contributed by atoms with E-state index >= 15 is 0 Å². The molecule has 0 amide bonds. The minimum absolute atomic E-state index is 0.0156. The third-order valence-electron chi connectivity index (χ3n) is 3.55. The van der Waals surface area contributed by atoms with Crippen LogP contribution in [0.5, 0.6) is 0 Å². The number of hydrogen-bond acceptors (Lipinski definition) is 2. The first-order valence-electron chi connectivity index (χ1n) is 6.34. The quantitative estimate of drug-likeness (QED) is 0.769. The van der Waals surface area contributed by atoms with Crippen molar-refractivity contribution in [3.63, 3.8) is 0 Å². The Hall–Kier alpha value is -1.29. The zero-order chi connectivity index (χ0) is 13.1. The van der Waals surface area contributed by atoms with Crippen LogP contribution in [0, 0.1) is 11.6 Å². The summed E-state index contributed by atoms with van der Waals surface area (Å²) in [5, 5.41) is 0. The van der Waals surface area contributed by atoms with Crippen LogP contribution in [0.2, 0.25) is 0 Å². The van der Waals surface area contributed by atoms with E-state index in [-0.39, 0.29) is 17.9 Å². The second-order valence-electron chi connectivity index (χ2n) is 4.72. The van der Waals surface area contributed by atoms with Crippen LogP contribution in [-0.4, -0.2) is 29.8 Å². The van der Waals surface area contributed by atoms with Crippen LogP contribution < -0.4 is 0 Å². The van der Waals surface area contributed by atoms with Crippen molar-refractivity contribution in [3.05, 3.63) is 35.4 Å². The topological polar surface area (TPSA) is 20.3 Å². The molecule has 0 spiro atoms. The van der Waals surface area contributed by atoms with Crippen molar-refractivity contribution < 1.29 is 13.6 Å². The molecule has 4 heteroatoms. The lowest BCUT2D eigenvalue weighted by Crippen LogP contribution is -2.34. The predicted octanol–water partition coefficient (Wildman–Crippen LogP) is 3.02. The van der Waals surface area contributed by atoms with Crippen molar-refractivity contribution in [2.24, 2.45) is 0 Å². The molecule has 2 rings (SSSR count). The standard InChI is InChI=1S/C14H17F2NO/c1-2-11-4-3-7-17(11)9-14(18)12-6-5-10(15)8-13(12)16/h5-6,8,11H,2-4,7,9H2,1H3. The SMILES string of the molecule is CCC1CCCN1CC(=O)c1ccc(F)cc1F. The van der Waals surface area contributed by atoms with E-state index in [0.29, 0.717) is 6.04 Å². The second-order valence-corrected chi connectivity index (χ2v) is 4.72. The van der Waals surface area contributed by atoms with Gasteiger partial charge in [-0.25, -0.2) is 8.78 Å².